The van der Waals surface area contributed by atoms with E-state index in [9.17, 15) is 9.59 Å². The molecule has 1 aliphatic carbocycles. The lowest BCUT2D eigenvalue weighted by Gasteiger charge is -2.12. The van der Waals surface area contributed by atoms with Crippen molar-refractivity contribution in [2.24, 2.45) is 14.1 Å². The van der Waals surface area contributed by atoms with Gasteiger partial charge in [0.05, 0.1) is 0 Å². The van der Waals surface area contributed by atoms with Gasteiger partial charge >= 0.3 is 5.69 Å². The normalized spacial score (nSPS) is 14.7. The Balaban J connectivity index is 1.88. The van der Waals surface area contributed by atoms with Gasteiger partial charge in [-0.05, 0) is 12.8 Å². The minimum atomic E-state index is -0.306. The predicted octanol–water partition coefficient (Wildman–Crippen LogP) is 1.43. The van der Waals surface area contributed by atoms with E-state index in [4.69, 9.17) is 0 Å². The molecule has 8 heteroatoms. The SMILES string of the molecule is CC(C)c1nnc(SCc2cc(=O)n(C)c(=O)n2C)n1C1CC1. The van der Waals surface area contributed by atoms with Crippen LogP contribution in [0, 0.1) is 0 Å². The van der Waals surface area contributed by atoms with Crippen LogP contribution in [0.1, 0.15) is 50.2 Å². The number of nitrogens with zero attached hydrogens (tertiary/aromatic N) is 5. The highest BCUT2D eigenvalue weighted by atomic mass is 32.2. The van der Waals surface area contributed by atoms with E-state index in [1.54, 1.807) is 7.05 Å². The Kier molecular flexibility index (Phi) is 4.18. The minimum absolute atomic E-state index is 0.282. The van der Waals surface area contributed by atoms with Crippen LogP contribution in [0.25, 0.3) is 0 Å². The zero-order chi connectivity index (χ0) is 16.7. The second-order valence-corrected chi connectivity index (χ2v) is 7.20. The monoisotopic (exact) mass is 335 g/mol. The Morgan fingerprint density at radius 3 is 2.52 bits per heavy atom. The van der Waals surface area contributed by atoms with E-state index in [2.05, 4.69) is 28.6 Å². The lowest BCUT2D eigenvalue weighted by Crippen LogP contribution is -2.37. The lowest BCUT2D eigenvalue weighted by atomic mass is 10.2. The Bertz CT molecular complexity index is 845. The fraction of sp³-hybridized carbons (Fsp3) is 0.600. The van der Waals surface area contributed by atoms with E-state index in [0.29, 0.717) is 23.4 Å². The summed E-state index contributed by atoms with van der Waals surface area (Å²) in [6.45, 7) is 4.23. The summed E-state index contributed by atoms with van der Waals surface area (Å²) in [4.78, 5) is 23.8. The van der Waals surface area contributed by atoms with Gasteiger partial charge in [0, 0.05) is 43.6 Å². The Hall–Kier alpha value is -1.83. The van der Waals surface area contributed by atoms with Crippen molar-refractivity contribution in [3.63, 3.8) is 0 Å². The van der Waals surface area contributed by atoms with Gasteiger partial charge in [-0.15, -0.1) is 10.2 Å². The van der Waals surface area contributed by atoms with Gasteiger partial charge in [-0.25, -0.2) is 4.79 Å². The van der Waals surface area contributed by atoms with Gasteiger partial charge in [0.2, 0.25) is 0 Å². The maximum atomic E-state index is 12.0. The second kappa shape index (κ2) is 5.99. The molecule has 0 aromatic carbocycles. The molecule has 0 aliphatic heterocycles. The highest BCUT2D eigenvalue weighted by Gasteiger charge is 2.30. The van der Waals surface area contributed by atoms with E-state index >= 15 is 0 Å². The first-order valence-electron chi connectivity index (χ1n) is 7.73. The average Bonchev–Trinajstić information content (AvgIpc) is 3.26. The van der Waals surface area contributed by atoms with Crippen molar-refractivity contribution < 1.29 is 0 Å². The van der Waals surface area contributed by atoms with E-state index in [1.165, 1.54) is 29.4 Å². The first-order valence-corrected chi connectivity index (χ1v) is 8.72. The second-order valence-electron chi connectivity index (χ2n) is 6.26. The van der Waals surface area contributed by atoms with Crippen LogP contribution in [-0.4, -0.2) is 23.9 Å². The number of hydrogen-bond acceptors (Lipinski definition) is 5. The van der Waals surface area contributed by atoms with Gasteiger partial charge in [-0.2, -0.15) is 0 Å². The van der Waals surface area contributed by atoms with Gasteiger partial charge in [-0.1, -0.05) is 25.6 Å². The molecule has 0 amide bonds. The zero-order valence-electron chi connectivity index (χ0n) is 13.8. The van der Waals surface area contributed by atoms with E-state index in [0.717, 1.165) is 28.4 Å². The summed E-state index contributed by atoms with van der Waals surface area (Å²) in [6, 6.07) is 2.01. The lowest BCUT2D eigenvalue weighted by molar-refractivity contribution is 0.599. The first kappa shape index (κ1) is 16.0. The van der Waals surface area contributed by atoms with Crippen molar-refractivity contribution in [2.75, 3.05) is 0 Å². The molecule has 0 radical (unpaired) electrons. The van der Waals surface area contributed by atoms with Gasteiger partial charge in [-0.3, -0.25) is 13.9 Å². The van der Waals surface area contributed by atoms with Crippen LogP contribution in [0.5, 0.6) is 0 Å². The summed E-state index contributed by atoms with van der Waals surface area (Å²) in [5.41, 5.74) is 0.106. The maximum absolute atomic E-state index is 12.0. The molecule has 1 aliphatic rings. The maximum Gasteiger partial charge on any atom is 0.330 e. The molecule has 2 aromatic heterocycles. The average molecular weight is 335 g/mol. The van der Waals surface area contributed by atoms with Crippen molar-refractivity contribution >= 4 is 11.8 Å². The van der Waals surface area contributed by atoms with Crippen molar-refractivity contribution in [1.82, 2.24) is 23.9 Å². The van der Waals surface area contributed by atoms with Crippen molar-refractivity contribution in [3.05, 3.63) is 38.4 Å². The summed E-state index contributed by atoms with van der Waals surface area (Å²) in [6.07, 6.45) is 2.32. The topological polar surface area (TPSA) is 74.7 Å². The molecule has 0 N–H and O–H groups in total. The number of aromatic nitrogens is 5. The van der Waals surface area contributed by atoms with Gasteiger partial charge in [0.1, 0.15) is 5.82 Å². The molecular weight excluding hydrogens is 314 g/mol. The van der Waals surface area contributed by atoms with Crippen molar-refractivity contribution in [2.45, 2.75) is 49.6 Å². The molecule has 7 nitrogen and oxygen atoms in total. The molecule has 0 atom stereocenters. The molecular formula is C15H21N5O2S. The highest BCUT2D eigenvalue weighted by molar-refractivity contribution is 7.98. The minimum Gasteiger partial charge on any atom is -0.303 e. The fourth-order valence-corrected chi connectivity index (χ4v) is 3.55. The molecule has 0 bridgehead atoms. The first-order chi connectivity index (χ1) is 10.9. The van der Waals surface area contributed by atoms with Crippen molar-refractivity contribution in [1.29, 1.82) is 0 Å². The van der Waals surface area contributed by atoms with Crippen LogP contribution in [0.2, 0.25) is 0 Å². The molecule has 1 saturated carbocycles. The Morgan fingerprint density at radius 1 is 1.22 bits per heavy atom. The van der Waals surface area contributed by atoms with Crippen LogP contribution in [-0.2, 0) is 19.8 Å². The predicted molar refractivity (Wildman–Crippen MR) is 88.9 cm³/mol. The number of rotatable bonds is 5. The molecule has 2 heterocycles. The van der Waals surface area contributed by atoms with Crippen LogP contribution < -0.4 is 11.2 Å². The van der Waals surface area contributed by atoms with Gasteiger partial charge in [0.25, 0.3) is 5.56 Å². The smallest absolute Gasteiger partial charge is 0.303 e. The standard InChI is InChI=1S/C15H21N5O2S/c1-9(2)13-16-17-14(20(13)10-5-6-10)23-8-11-7-12(21)19(4)15(22)18(11)3/h7,9-10H,5-6,8H2,1-4H3. The third-order valence-electron chi connectivity index (χ3n) is 4.09. The summed E-state index contributed by atoms with van der Waals surface area (Å²) in [5.74, 6) is 1.85. The van der Waals surface area contributed by atoms with Crippen LogP contribution in [0.15, 0.2) is 20.8 Å². The summed E-state index contributed by atoms with van der Waals surface area (Å²) in [7, 11) is 3.17. The fourth-order valence-electron chi connectivity index (χ4n) is 2.51. The van der Waals surface area contributed by atoms with Crippen LogP contribution in [0.3, 0.4) is 0 Å². The van der Waals surface area contributed by atoms with E-state index in [1.807, 2.05) is 0 Å². The molecule has 0 spiro atoms. The molecule has 3 rings (SSSR count). The zero-order valence-corrected chi connectivity index (χ0v) is 14.6. The Morgan fingerprint density at radius 2 is 1.91 bits per heavy atom. The quantitative estimate of drug-likeness (QED) is 0.773. The molecule has 1 fully saturated rings. The third-order valence-corrected chi connectivity index (χ3v) is 5.07. The third kappa shape index (κ3) is 2.99. The summed E-state index contributed by atoms with van der Waals surface area (Å²) < 4.78 is 4.84. The van der Waals surface area contributed by atoms with Crippen molar-refractivity contribution in [3.8, 4) is 0 Å². The molecule has 0 saturated heterocycles. The molecule has 0 unspecified atom stereocenters. The van der Waals surface area contributed by atoms with E-state index < -0.39 is 0 Å². The summed E-state index contributed by atoms with van der Waals surface area (Å²) >= 11 is 1.53. The van der Waals surface area contributed by atoms with Gasteiger partial charge in [0.15, 0.2) is 5.16 Å². The highest BCUT2D eigenvalue weighted by Crippen LogP contribution is 2.40. The van der Waals surface area contributed by atoms with Crippen LogP contribution >= 0.6 is 11.8 Å². The molecule has 2 aromatic rings. The Labute approximate surface area is 138 Å². The number of hydrogen-bond donors (Lipinski definition) is 0. The van der Waals surface area contributed by atoms with Gasteiger partial charge < -0.3 is 4.57 Å². The van der Waals surface area contributed by atoms with E-state index in [-0.39, 0.29) is 11.2 Å². The molecule has 23 heavy (non-hydrogen) atoms. The largest absolute Gasteiger partial charge is 0.330 e. The molecule has 124 valence electrons. The van der Waals surface area contributed by atoms with Crippen LogP contribution in [0.4, 0.5) is 0 Å². The number of thioether (sulfide) groups is 1. The summed E-state index contributed by atoms with van der Waals surface area (Å²) in [5, 5.41) is 9.49.